The predicted octanol–water partition coefficient (Wildman–Crippen LogP) is -0.741. The van der Waals surface area contributed by atoms with Crippen molar-refractivity contribution < 1.29 is 16.8 Å². The fourth-order valence-electron chi connectivity index (χ4n) is 1.39. The number of sulfonamides is 1. The van der Waals surface area contributed by atoms with Crippen molar-refractivity contribution >= 4 is 31.6 Å². The highest BCUT2D eigenvalue weighted by Crippen LogP contribution is 2.23. The molecule has 16 heavy (non-hydrogen) atoms. The van der Waals surface area contributed by atoms with Crippen molar-refractivity contribution in [1.82, 2.24) is 4.31 Å². The molecule has 0 bridgehead atoms. The number of hydrogen-bond acceptors (Lipinski definition) is 6. The second kappa shape index (κ2) is 4.91. The molecule has 0 spiro atoms. The SMILES string of the molecule is CS(=O)(=O)C1CSCCN1S(=O)(=O)CC#N. The molecule has 1 fully saturated rings. The van der Waals surface area contributed by atoms with Crippen LogP contribution >= 0.6 is 11.8 Å². The summed E-state index contributed by atoms with van der Waals surface area (Å²) in [5.41, 5.74) is 0. The highest BCUT2D eigenvalue weighted by molar-refractivity contribution is 8.01. The number of hydrogen-bond donors (Lipinski definition) is 0. The first-order chi connectivity index (χ1) is 7.29. The molecular formula is C7H12N2O4S3. The molecule has 0 saturated carbocycles. The summed E-state index contributed by atoms with van der Waals surface area (Å²) in [6, 6.07) is 1.55. The van der Waals surface area contributed by atoms with Gasteiger partial charge in [-0.25, -0.2) is 16.8 Å². The Morgan fingerprint density at radius 3 is 2.56 bits per heavy atom. The van der Waals surface area contributed by atoms with Gasteiger partial charge in [0.2, 0.25) is 10.0 Å². The summed E-state index contributed by atoms with van der Waals surface area (Å²) in [4.78, 5) is 0. The van der Waals surface area contributed by atoms with Crippen molar-refractivity contribution in [3.63, 3.8) is 0 Å². The highest BCUT2D eigenvalue weighted by atomic mass is 32.2. The van der Waals surface area contributed by atoms with Crippen molar-refractivity contribution in [2.75, 3.05) is 30.1 Å². The predicted molar refractivity (Wildman–Crippen MR) is 62.1 cm³/mol. The van der Waals surface area contributed by atoms with Crippen LogP contribution in [0.15, 0.2) is 0 Å². The number of rotatable bonds is 3. The average molecular weight is 284 g/mol. The molecule has 0 amide bonds. The molecule has 9 heteroatoms. The van der Waals surface area contributed by atoms with Gasteiger partial charge in [-0.1, -0.05) is 0 Å². The van der Waals surface area contributed by atoms with E-state index < -0.39 is 31.0 Å². The Kier molecular flexibility index (Phi) is 4.23. The molecule has 92 valence electrons. The molecule has 0 aliphatic carbocycles. The van der Waals surface area contributed by atoms with Crippen LogP contribution in [0.4, 0.5) is 0 Å². The topological polar surface area (TPSA) is 95.3 Å². The fourth-order valence-corrected chi connectivity index (χ4v) is 6.27. The lowest BCUT2D eigenvalue weighted by atomic mass is 10.6. The van der Waals surface area contributed by atoms with Crippen LogP contribution in [0.2, 0.25) is 0 Å². The summed E-state index contributed by atoms with van der Waals surface area (Å²) in [6.07, 6.45) is 1.01. The summed E-state index contributed by atoms with van der Waals surface area (Å²) in [5, 5.41) is 7.37. The lowest BCUT2D eigenvalue weighted by Gasteiger charge is -2.32. The summed E-state index contributed by atoms with van der Waals surface area (Å²) >= 11 is 1.40. The van der Waals surface area contributed by atoms with Crippen LogP contribution in [0, 0.1) is 11.3 Å². The molecule has 1 saturated heterocycles. The van der Waals surface area contributed by atoms with Gasteiger partial charge >= 0.3 is 0 Å². The molecule has 6 nitrogen and oxygen atoms in total. The molecule has 0 aromatic heterocycles. The maximum Gasteiger partial charge on any atom is 0.228 e. The molecule has 1 rings (SSSR count). The van der Waals surface area contributed by atoms with Crippen molar-refractivity contribution in [3.8, 4) is 6.07 Å². The quantitative estimate of drug-likeness (QED) is 0.677. The maximum atomic E-state index is 11.7. The number of sulfone groups is 1. The minimum absolute atomic E-state index is 0.145. The Bertz CT molecular complexity index is 490. The van der Waals surface area contributed by atoms with Gasteiger partial charge in [0.15, 0.2) is 15.6 Å². The smallest absolute Gasteiger partial charge is 0.227 e. The maximum absolute atomic E-state index is 11.7. The Balaban J connectivity index is 3.06. The first kappa shape index (κ1) is 13.8. The van der Waals surface area contributed by atoms with Crippen LogP contribution in [0.3, 0.4) is 0 Å². The number of nitriles is 1. The third-order valence-corrected chi connectivity index (χ3v) is 6.56. The van der Waals surface area contributed by atoms with E-state index in [0.29, 0.717) is 5.75 Å². The summed E-state index contributed by atoms with van der Waals surface area (Å²) in [6.45, 7) is 0.145. The zero-order chi connectivity index (χ0) is 12.4. The third-order valence-electron chi connectivity index (χ3n) is 2.14. The molecule has 0 radical (unpaired) electrons. The molecule has 1 heterocycles. The first-order valence-electron chi connectivity index (χ1n) is 4.42. The van der Waals surface area contributed by atoms with Crippen molar-refractivity contribution in [2.45, 2.75) is 5.37 Å². The Morgan fingerprint density at radius 1 is 1.44 bits per heavy atom. The second-order valence-electron chi connectivity index (χ2n) is 3.38. The molecule has 1 aliphatic rings. The van der Waals surface area contributed by atoms with Crippen LogP contribution in [0.1, 0.15) is 0 Å². The van der Waals surface area contributed by atoms with Gasteiger partial charge in [0, 0.05) is 24.3 Å². The lowest BCUT2D eigenvalue weighted by Crippen LogP contribution is -2.50. The van der Waals surface area contributed by atoms with Crippen molar-refractivity contribution in [2.24, 2.45) is 0 Å². The number of nitrogens with zero attached hydrogens (tertiary/aromatic N) is 2. The van der Waals surface area contributed by atoms with Crippen LogP contribution in [-0.2, 0) is 19.9 Å². The van der Waals surface area contributed by atoms with Gasteiger partial charge in [0.25, 0.3) is 0 Å². The minimum Gasteiger partial charge on any atom is -0.227 e. The Labute approximate surface area is 99.6 Å². The van der Waals surface area contributed by atoms with Gasteiger partial charge in [-0.2, -0.15) is 21.3 Å². The van der Waals surface area contributed by atoms with Gasteiger partial charge < -0.3 is 0 Å². The summed E-state index contributed by atoms with van der Waals surface area (Å²) in [7, 11) is -7.25. The van der Waals surface area contributed by atoms with Crippen molar-refractivity contribution in [1.29, 1.82) is 5.26 Å². The van der Waals surface area contributed by atoms with E-state index >= 15 is 0 Å². The van der Waals surface area contributed by atoms with Gasteiger partial charge in [-0.05, 0) is 0 Å². The molecular weight excluding hydrogens is 272 g/mol. The van der Waals surface area contributed by atoms with Gasteiger partial charge in [0.05, 0.1) is 6.07 Å². The van der Waals surface area contributed by atoms with E-state index in [2.05, 4.69) is 0 Å². The van der Waals surface area contributed by atoms with E-state index in [1.165, 1.54) is 11.8 Å². The summed E-state index contributed by atoms with van der Waals surface area (Å²) < 4.78 is 47.2. The van der Waals surface area contributed by atoms with Gasteiger partial charge in [-0.15, -0.1) is 0 Å². The zero-order valence-corrected chi connectivity index (χ0v) is 11.1. The van der Waals surface area contributed by atoms with E-state index in [4.69, 9.17) is 5.26 Å². The van der Waals surface area contributed by atoms with Crippen LogP contribution in [0.5, 0.6) is 0 Å². The Hall–Kier alpha value is -0.300. The lowest BCUT2D eigenvalue weighted by molar-refractivity contribution is 0.407. The second-order valence-corrected chi connectivity index (χ2v) is 8.66. The summed E-state index contributed by atoms with van der Waals surface area (Å²) in [5.74, 6) is 0.101. The third kappa shape index (κ3) is 3.10. The zero-order valence-electron chi connectivity index (χ0n) is 8.66. The molecule has 1 atom stereocenters. The monoisotopic (exact) mass is 284 g/mol. The van der Waals surface area contributed by atoms with Crippen LogP contribution in [-0.4, -0.2) is 56.6 Å². The minimum atomic E-state index is -3.79. The fraction of sp³-hybridized carbons (Fsp3) is 0.857. The van der Waals surface area contributed by atoms with Gasteiger partial charge in [0.1, 0.15) is 5.37 Å². The molecule has 1 unspecified atom stereocenters. The largest absolute Gasteiger partial charge is 0.228 e. The first-order valence-corrected chi connectivity index (χ1v) is 9.14. The van der Waals surface area contributed by atoms with Crippen LogP contribution in [0.25, 0.3) is 0 Å². The molecule has 0 aromatic rings. The Morgan fingerprint density at radius 2 is 2.06 bits per heavy atom. The van der Waals surface area contributed by atoms with Crippen LogP contribution < -0.4 is 0 Å². The molecule has 0 N–H and O–H groups in total. The highest BCUT2D eigenvalue weighted by Gasteiger charge is 2.38. The van der Waals surface area contributed by atoms with E-state index in [9.17, 15) is 16.8 Å². The average Bonchev–Trinajstić information content (AvgIpc) is 2.16. The van der Waals surface area contributed by atoms with E-state index in [0.717, 1.165) is 10.6 Å². The van der Waals surface area contributed by atoms with Crippen molar-refractivity contribution in [3.05, 3.63) is 0 Å². The van der Waals surface area contributed by atoms with E-state index in [-0.39, 0.29) is 12.3 Å². The number of thioether (sulfide) groups is 1. The normalized spacial score (nSPS) is 23.9. The van der Waals surface area contributed by atoms with Gasteiger partial charge in [-0.3, -0.25) is 0 Å². The van der Waals surface area contributed by atoms with E-state index in [1.807, 2.05) is 0 Å². The molecule has 1 aliphatic heterocycles. The van der Waals surface area contributed by atoms with E-state index in [1.54, 1.807) is 6.07 Å². The molecule has 0 aromatic carbocycles. The standard InChI is InChI=1S/C7H12N2O4S3/c1-15(10,11)7-6-14-4-3-9(7)16(12,13)5-2-8/h7H,3-6H2,1H3.